The van der Waals surface area contributed by atoms with Gasteiger partial charge in [0.05, 0.1) is 4.90 Å². The highest BCUT2D eigenvalue weighted by Gasteiger charge is 2.27. The van der Waals surface area contributed by atoms with Gasteiger partial charge in [-0.3, -0.25) is 0 Å². The summed E-state index contributed by atoms with van der Waals surface area (Å²) >= 11 is 0. The van der Waals surface area contributed by atoms with E-state index >= 15 is 0 Å². The Morgan fingerprint density at radius 1 is 1.42 bits per heavy atom. The third-order valence-electron chi connectivity index (χ3n) is 3.18. The van der Waals surface area contributed by atoms with Gasteiger partial charge in [-0.1, -0.05) is 20.8 Å². The minimum atomic E-state index is -3.35. The van der Waals surface area contributed by atoms with Gasteiger partial charge < -0.3 is 9.88 Å². The molecule has 0 radical (unpaired) electrons. The molecule has 0 saturated heterocycles. The van der Waals surface area contributed by atoms with Crippen molar-refractivity contribution in [3.8, 4) is 0 Å². The van der Waals surface area contributed by atoms with E-state index in [-0.39, 0.29) is 0 Å². The molecule has 19 heavy (non-hydrogen) atoms. The van der Waals surface area contributed by atoms with Gasteiger partial charge >= 0.3 is 0 Å². The van der Waals surface area contributed by atoms with Crippen molar-refractivity contribution in [2.45, 2.75) is 57.1 Å². The first-order valence-electron chi connectivity index (χ1n) is 6.88. The van der Waals surface area contributed by atoms with E-state index in [1.165, 1.54) is 0 Å². The maximum atomic E-state index is 12.0. The van der Waals surface area contributed by atoms with E-state index < -0.39 is 10.0 Å². The largest absolute Gasteiger partial charge is 0.346 e. The fourth-order valence-corrected chi connectivity index (χ4v) is 3.15. The lowest BCUT2D eigenvalue weighted by atomic mass is 10.3. The molecule has 1 aromatic heterocycles. The van der Waals surface area contributed by atoms with Gasteiger partial charge in [-0.25, -0.2) is 13.1 Å². The van der Waals surface area contributed by atoms with E-state index in [0.717, 1.165) is 18.5 Å². The molecule has 6 heteroatoms. The van der Waals surface area contributed by atoms with Gasteiger partial charge in [0, 0.05) is 37.1 Å². The van der Waals surface area contributed by atoms with Crippen LogP contribution in [0.25, 0.3) is 0 Å². The molecule has 1 aromatic rings. The first-order chi connectivity index (χ1) is 8.94. The van der Waals surface area contributed by atoms with Crippen LogP contribution in [0.3, 0.4) is 0 Å². The second-order valence-electron chi connectivity index (χ2n) is 5.34. The van der Waals surface area contributed by atoms with Crippen LogP contribution in [0.15, 0.2) is 17.2 Å². The van der Waals surface area contributed by atoms with E-state index in [2.05, 4.69) is 28.5 Å². The van der Waals surface area contributed by atoms with E-state index in [0.29, 0.717) is 30.1 Å². The van der Waals surface area contributed by atoms with Crippen LogP contribution >= 0.6 is 0 Å². The first-order valence-corrected chi connectivity index (χ1v) is 8.36. The van der Waals surface area contributed by atoms with Crippen molar-refractivity contribution in [1.82, 2.24) is 14.6 Å². The molecule has 2 rings (SSSR count). The Balaban J connectivity index is 2.24. The van der Waals surface area contributed by atoms with Crippen LogP contribution in [0, 0.1) is 0 Å². The summed E-state index contributed by atoms with van der Waals surface area (Å²) in [7, 11) is -3.35. The van der Waals surface area contributed by atoms with Crippen molar-refractivity contribution < 1.29 is 8.42 Å². The normalized spacial score (nSPS) is 16.2. The topological polar surface area (TPSA) is 63.1 Å². The number of hydrogen-bond acceptors (Lipinski definition) is 3. The Kier molecular flexibility index (Phi) is 4.32. The maximum Gasteiger partial charge on any atom is 0.242 e. The molecular weight excluding hydrogens is 262 g/mol. The molecular formula is C13H23N3O2S. The monoisotopic (exact) mass is 285 g/mol. The molecule has 1 fully saturated rings. The lowest BCUT2D eigenvalue weighted by Gasteiger charge is -2.10. The summed E-state index contributed by atoms with van der Waals surface area (Å²) in [5.74, 6) is 0. The molecule has 0 aromatic carbocycles. The minimum absolute atomic E-state index is 0.377. The van der Waals surface area contributed by atoms with Crippen LogP contribution in [0.4, 0.5) is 0 Å². The highest BCUT2D eigenvalue weighted by atomic mass is 32.2. The zero-order valence-electron chi connectivity index (χ0n) is 11.8. The molecule has 0 unspecified atom stereocenters. The summed E-state index contributed by atoms with van der Waals surface area (Å²) in [4.78, 5) is 0.377. The van der Waals surface area contributed by atoms with Gasteiger partial charge in [-0.15, -0.1) is 0 Å². The summed E-state index contributed by atoms with van der Waals surface area (Å²) in [5.41, 5.74) is 1.05. The Hall–Kier alpha value is -0.850. The molecule has 0 spiro atoms. The van der Waals surface area contributed by atoms with Crippen molar-refractivity contribution in [3.63, 3.8) is 0 Å². The van der Waals surface area contributed by atoms with Gasteiger partial charge in [0.1, 0.15) is 0 Å². The molecule has 108 valence electrons. The first kappa shape index (κ1) is 14.6. The van der Waals surface area contributed by atoms with Gasteiger partial charge in [0.25, 0.3) is 0 Å². The molecule has 0 aliphatic heterocycles. The number of nitrogens with zero attached hydrogens (tertiary/aromatic N) is 1. The van der Waals surface area contributed by atoms with E-state index in [1.807, 2.05) is 0 Å². The van der Waals surface area contributed by atoms with Crippen molar-refractivity contribution in [2.24, 2.45) is 0 Å². The summed E-state index contributed by atoms with van der Waals surface area (Å²) in [6, 6.07) is 2.65. The van der Waals surface area contributed by atoms with E-state index in [1.54, 1.807) is 19.2 Å². The number of hydrogen-bond donors (Lipinski definition) is 2. The molecule has 5 nitrogen and oxygen atoms in total. The molecule has 0 bridgehead atoms. The van der Waals surface area contributed by atoms with Crippen molar-refractivity contribution in [1.29, 1.82) is 0 Å². The number of aromatic nitrogens is 1. The van der Waals surface area contributed by atoms with Crippen LogP contribution in [-0.4, -0.2) is 25.6 Å². The Bertz CT molecular complexity index is 530. The van der Waals surface area contributed by atoms with E-state index in [4.69, 9.17) is 0 Å². The highest BCUT2D eigenvalue weighted by molar-refractivity contribution is 7.89. The van der Waals surface area contributed by atoms with Crippen LogP contribution in [0.1, 0.15) is 45.3 Å². The summed E-state index contributed by atoms with van der Waals surface area (Å²) < 4.78 is 28.7. The summed E-state index contributed by atoms with van der Waals surface area (Å²) in [6.45, 7) is 7.07. The Morgan fingerprint density at radius 2 is 2.11 bits per heavy atom. The zero-order valence-corrected chi connectivity index (χ0v) is 12.6. The number of sulfonamides is 1. The Labute approximate surface area is 115 Å². The number of rotatable bonds is 7. The fourth-order valence-electron chi connectivity index (χ4n) is 2.06. The van der Waals surface area contributed by atoms with Gasteiger partial charge in [0.2, 0.25) is 10.0 Å². The molecule has 2 N–H and O–H groups in total. The van der Waals surface area contributed by atoms with Crippen molar-refractivity contribution in [3.05, 3.63) is 18.0 Å². The average Bonchev–Trinajstić information content (AvgIpc) is 3.06. The smallest absolute Gasteiger partial charge is 0.242 e. The van der Waals surface area contributed by atoms with Crippen LogP contribution in [-0.2, 0) is 16.6 Å². The molecule has 1 aliphatic carbocycles. The molecule has 1 heterocycles. The lowest BCUT2D eigenvalue weighted by molar-refractivity contribution is 0.558. The standard InChI is InChI=1S/C13H23N3O2S/c1-4-15-19(17,18)13-7-12(8-14-10(2)3)16(9-13)11-5-6-11/h7,9-11,14-15H,4-6,8H2,1-3H3. The quantitative estimate of drug-likeness (QED) is 0.800. The van der Waals surface area contributed by atoms with Crippen LogP contribution in [0.5, 0.6) is 0 Å². The predicted octanol–water partition coefficient (Wildman–Crippen LogP) is 1.62. The van der Waals surface area contributed by atoms with Gasteiger partial charge in [-0.05, 0) is 18.9 Å². The minimum Gasteiger partial charge on any atom is -0.346 e. The summed E-state index contributed by atoms with van der Waals surface area (Å²) in [5, 5.41) is 3.35. The van der Waals surface area contributed by atoms with Crippen LogP contribution in [0.2, 0.25) is 0 Å². The SMILES string of the molecule is CCNS(=O)(=O)c1cc(CNC(C)C)n(C2CC2)c1. The third kappa shape index (κ3) is 3.58. The molecule has 0 atom stereocenters. The Morgan fingerprint density at radius 3 is 2.63 bits per heavy atom. The fraction of sp³-hybridized carbons (Fsp3) is 0.692. The lowest BCUT2D eigenvalue weighted by Crippen LogP contribution is -2.23. The van der Waals surface area contributed by atoms with Crippen molar-refractivity contribution in [2.75, 3.05) is 6.54 Å². The van der Waals surface area contributed by atoms with E-state index in [9.17, 15) is 8.42 Å². The molecule has 0 amide bonds. The third-order valence-corrected chi connectivity index (χ3v) is 4.70. The second-order valence-corrected chi connectivity index (χ2v) is 7.11. The maximum absolute atomic E-state index is 12.0. The highest BCUT2D eigenvalue weighted by Crippen LogP contribution is 2.37. The summed E-state index contributed by atoms with van der Waals surface area (Å²) in [6.07, 6.45) is 4.06. The van der Waals surface area contributed by atoms with Gasteiger partial charge in [0.15, 0.2) is 0 Å². The number of nitrogens with one attached hydrogen (secondary N) is 2. The average molecular weight is 285 g/mol. The molecule has 1 saturated carbocycles. The van der Waals surface area contributed by atoms with Gasteiger partial charge in [-0.2, -0.15) is 0 Å². The van der Waals surface area contributed by atoms with Crippen LogP contribution < -0.4 is 10.0 Å². The zero-order chi connectivity index (χ0) is 14.0. The second kappa shape index (κ2) is 5.64. The van der Waals surface area contributed by atoms with Crippen molar-refractivity contribution >= 4 is 10.0 Å². The predicted molar refractivity (Wildman–Crippen MR) is 75.5 cm³/mol. The molecule has 1 aliphatic rings.